The molecule has 0 aromatic carbocycles. The van der Waals surface area contributed by atoms with Gasteiger partial charge in [-0.1, -0.05) is 11.6 Å². The van der Waals surface area contributed by atoms with Crippen LogP contribution in [0.25, 0.3) is 0 Å². The molecular weight excluding hydrogens is 202 g/mol. The zero-order valence-electron chi connectivity index (χ0n) is 6.47. The first-order valence-corrected chi connectivity index (χ1v) is 3.80. The number of rotatable bonds is 2. The minimum Gasteiger partial charge on any atom is -0.505 e. The molecule has 13 heavy (non-hydrogen) atoms. The summed E-state index contributed by atoms with van der Waals surface area (Å²) >= 11 is 5.41. The van der Waals surface area contributed by atoms with E-state index in [2.05, 4.69) is 4.98 Å². The SMILES string of the molecule is NCc1nc(Cl)c(O)cc1C(F)F. The van der Waals surface area contributed by atoms with Crippen molar-refractivity contribution >= 4 is 11.6 Å². The molecule has 1 heterocycles. The first-order chi connectivity index (χ1) is 6.06. The van der Waals surface area contributed by atoms with Gasteiger partial charge in [-0.2, -0.15) is 0 Å². The maximum Gasteiger partial charge on any atom is 0.265 e. The fourth-order valence-electron chi connectivity index (χ4n) is 0.883. The Morgan fingerprint density at radius 2 is 2.23 bits per heavy atom. The molecule has 0 fully saturated rings. The summed E-state index contributed by atoms with van der Waals surface area (Å²) in [6, 6.07) is 0.877. The standard InChI is InChI=1S/C7H7ClF2N2O/c8-6-5(13)1-3(7(9)10)4(2-11)12-6/h1,7,13H,2,11H2. The number of pyridine rings is 1. The van der Waals surface area contributed by atoms with E-state index in [0.29, 0.717) is 0 Å². The molecule has 0 aliphatic rings. The van der Waals surface area contributed by atoms with Gasteiger partial charge in [-0.25, -0.2) is 13.8 Å². The molecule has 3 N–H and O–H groups in total. The van der Waals surface area contributed by atoms with Crippen molar-refractivity contribution in [3.63, 3.8) is 0 Å². The minimum absolute atomic E-state index is 0.00204. The van der Waals surface area contributed by atoms with Gasteiger partial charge in [0.15, 0.2) is 10.9 Å². The van der Waals surface area contributed by atoms with Crippen molar-refractivity contribution in [2.24, 2.45) is 5.73 Å². The highest BCUT2D eigenvalue weighted by atomic mass is 35.5. The summed E-state index contributed by atoms with van der Waals surface area (Å²) < 4.78 is 24.6. The van der Waals surface area contributed by atoms with Crippen LogP contribution in [0.1, 0.15) is 17.7 Å². The van der Waals surface area contributed by atoms with E-state index in [1.54, 1.807) is 0 Å². The van der Waals surface area contributed by atoms with Gasteiger partial charge in [-0.3, -0.25) is 0 Å². The summed E-state index contributed by atoms with van der Waals surface area (Å²) in [4.78, 5) is 3.52. The Labute approximate surface area is 78.1 Å². The van der Waals surface area contributed by atoms with Crippen molar-refractivity contribution in [3.8, 4) is 5.75 Å². The van der Waals surface area contributed by atoms with Crippen molar-refractivity contribution in [1.82, 2.24) is 4.98 Å². The number of nitrogens with two attached hydrogens (primary N) is 1. The molecular formula is C7H7ClF2N2O. The Hall–Kier alpha value is -0.940. The molecule has 0 radical (unpaired) electrons. The summed E-state index contributed by atoms with van der Waals surface area (Å²) in [5.74, 6) is -0.464. The molecule has 1 rings (SSSR count). The van der Waals surface area contributed by atoms with Gasteiger partial charge in [-0.15, -0.1) is 0 Å². The van der Waals surface area contributed by atoms with Crippen molar-refractivity contribution in [1.29, 1.82) is 0 Å². The van der Waals surface area contributed by atoms with Crippen molar-refractivity contribution < 1.29 is 13.9 Å². The Morgan fingerprint density at radius 1 is 1.62 bits per heavy atom. The first-order valence-electron chi connectivity index (χ1n) is 3.42. The summed E-state index contributed by atoms with van der Waals surface area (Å²) in [5.41, 5.74) is 4.78. The molecule has 0 saturated carbocycles. The van der Waals surface area contributed by atoms with E-state index in [1.165, 1.54) is 0 Å². The topological polar surface area (TPSA) is 59.1 Å². The van der Waals surface area contributed by atoms with E-state index in [4.69, 9.17) is 22.4 Å². The van der Waals surface area contributed by atoms with Crippen molar-refractivity contribution in [2.45, 2.75) is 13.0 Å². The van der Waals surface area contributed by atoms with E-state index < -0.39 is 12.2 Å². The third-order valence-corrected chi connectivity index (χ3v) is 1.78. The normalized spacial score (nSPS) is 10.8. The molecule has 3 nitrogen and oxygen atoms in total. The van der Waals surface area contributed by atoms with Gasteiger partial charge in [0.1, 0.15) is 0 Å². The lowest BCUT2D eigenvalue weighted by Crippen LogP contribution is -2.05. The summed E-state index contributed by atoms with van der Waals surface area (Å²) in [7, 11) is 0. The van der Waals surface area contributed by atoms with E-state index in [1.807, 2.05) is 0 Å². The van der Waals surface area contributed by atoms with Crippen LogP contribution in [-0.4, -0.2) is 10.1 Å². The molecule has 0 spiro atoms. The van der Waals surface area contributed by atoms with Crippen LogP contribution in [0, 0.1) is 0 Å². The molecule has 0 unspecified atom stereocenters. The monoisotopic (exact) mass is 208 g/mol. The number of hydrogen-bond donors (Lipinski definition) is 2. The minimum atomic E-state index is -2.71. The van der Waals surface area contributed by atoms with Gasteiger partial charge in [0.25, 0.3) is 6.43 Å². The Kier molecular flexibility index (Phi) is 3.00. The second-order valence-corrected chi connectivity index (χ2v) is 2.70. The number of aromatic hydroxyl groups is 1. The lowest BCUT2D eigenvalue weighted by atomic mass is 10.2. The second-order valence-electron chi connectivity index (χ2n) is 2.34. The Bertz CT molecular complexity index is 320. The molecule has 0 atom stereocenters. The average molecular weight is 209 g/mol. The number of hydrogen-bond acceptors (Lipinski definition) is 3. The van der Waals surface area contributed by atoms with Crippen molar-refractivity contribution in [3.05, 3.63) is 22.5 Å². The van der Waals surface area contributed by atoms with Crippen LogP contribution in [-0.2, 0) is 6.54 Å². The van der Waals surface area contributed by atoms with Gasteiger partial charge in [0, 0.05) is 12.1 Å². The fraction of sp³-hybridized carbons (Fsp3) is 0.286. The number of aromatic nitrogens is 1. The zero-order valence-corrected chi connectivity index (χ0v) is 7.22. The van der Waals surface area contributed by atoms with Crippen LogP contribution in [0.4, 0.5) is 8.78 Å². The molecule has 0 saturated heterocycles. The van der Waals surface area contributed by atoms with E-state index in [9.17, 15) is 8.78 Å². The van der Waals surface area contributed by atoms with Crippen LogP contribution in [0.2, 0.25) is 5.15 Å². The molecule has 0 bridgehead atoms. The quantitative estimate of drug-likeness (QED) is 0.729. The van der Waals surface area contributed by atoms with Gasteiger partial charge >= 0.3 is 0 Å². The lowest BCUT2D eigenvalue weighted by Gasteiger charge is -2.07. The van der Waals surface area contributed by atoms with E-state index >= 15 is 0 Å². The zero-order chi connectivity index (χ0) is 10.0. The Balaban J connectivity index is 3.25. The maximum absolute atomic E-state index is 12.3. The average Bonchev–Trinajstić information content (AvgIpc) is 2.08. The smallest absolute Gasteiger partial charge is 0.265 e. The molecule has 1 aromatic heterocycles. The predicted octanol–water partition coefficient (Wildman–Crippen LogP) is 1.84. The summed E-state index contributed by atoms with van der Waals surface area (Å²) in [6.07, 6.45) is -2.71. The predicted molar refractivity (Wildman–Crippen MR) is 43.8 cm³/mol. The molecule has 0 amide bonds. The van der Waals surface area contributed by atoms with E-state index in [0.717, 1.165) is 6.07 Å². The lowest BCUT2D eigenvalue weighted by molar-refractivity contribution is 0.149. The highest BCUT2D eigenvalue weighted by Crippen LogP contribution is 2.29. The highest BCUT2D eigenvalue weighted by molar-refractivity contribution is 6.30. The Morgan fingerprint density at radius 3 is 2.69 bits per heavy atom. The third-order valence-electron chi connectivity index (χ3n) is 1.50. The fourth-order valence-corrected chi connectivity index (χ4v) is 1.04. The maximum atomic E-state index is 12.3. The molecule has 0 aliphatic heterocycles. The van der Waals surface area contributed by atoms with Crippen LogP contribution in [0.5, 0.6) is 5.75 Å². The molecule has 6 heteroatoms. The highest BCUT2D eigenvalue weighted by Gasteiger charge is 2.16. The van der Waals surface area contributed by atoms with Crippen molar-refractivity contribution in [2.75, 3.05) is 0 Å². The van der Waals surface area contributed by atoms with Gasteiger partial charge in [0.2, 0.25) is 0 Å². The second kappa shape index (κ2) is 3.85. The first kappa shape index (κ1) is 10.1. The third kappa shape index (κ3) is 2.05. The summed E-state index contributed by atoms with van der Waals surface area (Å²) in [6.45, 7) is -0.139. The van der Waals surface area contributed by atoms with Gasteiger partial charge < -0.3 is 10.8 Å². The van der Waals surface area contributed by atoms with Crippen LogP contribution in [0.15, 0.2) is 6.07 Å². The van der Waals surface area contributed by atoms with Gasteiger partial charge in [0.05, 0.1) is 5.69 Å². The van der Waals surface area contributed by atoms with Crippen LogP contribution < -0.4 is 5.73 Å². The number of nitrogens with zero attached hydrogens (tertiary/aromatic N) is 1. The largest absolute Gasteiger partial charge is 0.505 e. The number of alkyl halides is 2. The number of halogens is 3. The van der Waals surface area contributed by atoms with Gasteiger partial charge in [-0.05, 0) is 6.07 Å². The van der Waals surface area contributed by atoms with Crippen LogP contribution >= 0.6 is 11.6 Å². The molecule has 72 valence electrons. The molecule has 0 aliphatic carbocycles. The summed E-state index contributed by atoms with van der Waals surface area (Å²) in [5, 5.41) is 8.78. The molecule has 1 aromatic rings. The van der Waals surface area contributed by atoms with Crippen LogP contribution in [0.3, 0.4) is 0 Å². The van der Waals surface area contributed by atoms with E-state index in [-0.39, 0.29) is 23.0 Å².